The number of aliphatic carboxylic acids is 1. The Morgan fingerprint density at radius 2 is 1.72 bits per heavy atom. The third kappa shape index (κ3) is 4.26. The molecule has 0 bridgehead atoms. The van der Waals surface area contributed by atoms with E-state index in [0.29, 0.717) is 35.5 Å². The zero-order valence-electron chi connectivity index (χ0n) is 20.2. The quantitative estimate of drug-likeness (QED) is 0.545. The van der Waals surface area contributed by atoms with Crippen molar-refractivity contribution in [3.8, 4) is 0 Å². The van der Waals surface area contributed by atoms with E-state index in [0.717, 1.165) is 57.8 Å². The lowest BCUT2D eigenvalue weighted by molar-refractivity contribution is -0.140. The molecular weight excluding hydrogens is 426 g/mol. The molecule has 0 heterocycles. The third-order valence-corrected chi connectivity index (χ3v) is 11.4. The summed E-state index contributed by atoms with van der Waals surface area (Å²) in [6, 6.07) is -0.0592. The lowest BCUT2D eigenvalue weighted by Crippen LogP contribution is -2.62. The van der Waals surface area contributed by atoms with E-state index in [1.807, 2.05) is 0 Å². The SMILES string of the molecule is CC(CCC(=O)O)[C@H]1CC[C@H]2[C@@H]3[C@@H](NS(C)(=O)=O)C[C@@H]4C[C@H](O)CC[C@]4(C)[C@H]3CC[C@]12C. The van der Waals surface area contributed by atoms with Crippen LogP contribution in [0.4, 0.5) is 0 Å². The Hall–Kier alpha value is -0.660. The molecule has 10 atom stereocenters. The number of carboxylic acid groups (broad SMARTS) is 1. The molecule has 4 rings (SSSR count). The molecule has 0 spiro atoms. The lowest BCUT2D eigenvalue weighted by atomic mass is 9.43. The number of hydrogen-bond acceptors (Lipinski definition) is 4. The van der Waals surface area contributed by atoms with Crippen LogP contribution in [0.25, 0.3) is 0 Å². The second-order valence-electron chi connectivity index (χ2n) is 12.3. The Morgan fingerprint density at radius 3 is 2.38 bits per heavy atom. The minimum Gasteiger partial charge on any atom is -0.481 e. The molecule has 32 heavy (non-hydrogen) atoms. The highest BCUT2D eigenvalue weighted by Gasteiger charge is 2.63. The number of carboxylic acids is 1. The highest BCUT2D eigenvalue weighted by atomic mass is 32.2. The first-order chi connectivity index (χ1) is 14.8. The molecular formula is C25H43NO5S. The summed E-state index contributed by atoms with van der Waals surface area (Å²) in [5.41, 5.74) is 0.321. The largest absolute Gasteiger partial charge is 0.481 e. The minimum atomic E-state index is -3.32. The number of hydrogen-bond donors (Lipinski definition) is 3. The molecule has 4 aliphatic rings. The van der Waals surface area contributed by atoms with E-state index in [9.17, 15) is 23.4 Å². The molecule has 4 fully saturated rings. The first-order valence-electron chi connectivity index (χ1n) is 12.7. The number of fused-ring (bicyclic) bond motifs is 5. The van der Waals surface area contributed by atoms with Crippen LogP contribution in [0.5, 0.6) is 0 Å². The molecule has 0 aliphatic heterocycles. The number of rotatable bonds is 6. The smallest absolute Gasteiger partial charge is 0.303 e. The molecule has 4 aliphatic carbocycles. The fourth-order valence-corrected chi connectivity index (χ4v) is 9.97. The van der Waals surface area contributed by atoms with Gasteiger partial charge in [0.05, 0.1) is 12.4 Å². The maximum absolute atomic E-state index is 12.4. The van der Waals surface area contributed by atoms with E-state index in [1.54, 1.807) is 0 Å². The molecule has 184 valence electrons. The van der Waals surface area contributed by atoms with Gasteiger partial charge in [0.15, 0.2) is 0 Å². The Kier molecular flexibility index (Phi) is 6.52. The van der Waals surface area contributed by atoms with Gasteiger partial charge in [0.1, 0.15) is 0 Å². The van der Waals surface area contributed by atoms with E-state index in [2.05, 4.69) is 25.5 Å². The van der Waals surface area contributed by atoms with Gasteiger partial charge in [-0.3, -0.25) is 4.79 Å². The molecule has 0 aromatic rings. The molecule has 0 saturated heterocycles. The molecule has 0 radical (unpaired) electrons. The van der Waals surface area contributed by atoms with Crippen molar-refractivity contribution in [1.29, 1.82) is 0 Å². The topological polar surface area (TPSA) is 104 Å². The van der Waals surface area contributed by atoms with Crippen molar-refractivity contribution in [3.05, 3.63) is 0 Å². The van der Waals surface area contributed by atoms with Crippen molar-refractivity contribution in [1.82, 2.24) is 4.72 Å². The van der Waals surface area contributed by atoms with E-state index in [4.69, 9.17) is 0 Å². The van der Waals surface area contributed by atoms with Crippen LogP contribution in [0.3, 0.4) is 0 Å². The highest BCUT2D eigenvalue weighted by molar-refractivity contribution is 7.88. The summed E-state index contributed by atoms with van der Waals surface area (Å²) in [7, 11) is -3.32. The molecule has 0 aromatic carbocycles. The summed E-state index contributed by atoms with van der Waals surface area (Å²) in [5.74, 6) is 1.81. The van der Waals surface area contributed by atoms with Crippen LogP contribution in [0.15, 0.2) is 0 Å². The summed E-state index contributed by atoms with van der Waals surface area (Å²) < 4.78 is 27.8. The van der Waals surface area contributed by atoms with Gasteiger partial charge in [-0.2, -0.15) is 0 Å². The molecule has 7 heteroatoms. The molecule has 0 amide bonds. The summed E-state index contributed by atoms with van der Waals surface area (Å²) in [6.07, 6.45) is 9.98. The first kappa shape index (κ1) is 24.5. The van der Waals surface area contributed by atoms with E-state index in [-0.39, 0.29) is 29.4 Å². The number of sulfonamides is 1. The minimum absolute atomic E-state index is 0.0592. The van der Waals surface area contributed by atoms with Gasteiger partial charge >= 0.3 is 5.97 Å². The van der Waals surface area contributed by atoms with Crippen LogP contribution >= 0.6 is 0 Å². The zero-order valence-corrected chi connectivity index (χ0v) is 21.0. The van der Waals surface area contributed by atoms with Crippen molar-refractivity contribution in [2.45, 2.75) is 97.1 Å². The summed E-state index contributed by atoms with van der Waals surface area (Å²) in [6.45, 7) is 7.06. The van der Waals surface area contributed by atoms with Gasteiger partial charge in [0.2, 0.25) is 10.0 Å². The van der Waals surface area contributed by atoms with Gasteiger partial charge in [-0.05, 0) is 104 Å². The summed E-state index contributed by atoms with van der Waals surface area (Å²) >= 11 is 0. The lowest BCUT2D eigenvalue weighted by Gasteiger charge is -2.63. The number of aliphatic hydroxyl groups excluding tert-OH is 1. The fourth-order valence-electron chi connectivity index (χ4n) is 9.17. The molecule has 4 saturated carbocycles. The van der Waals surface area contributed by atoms with E-state index < -0.39 is 16.0 Å². The number of aliphatic hydroxyl groups is 1. The molecule has 3 N–H and O–H groups in total. The van der Waals surface area contributed by atoms with E-state index in [1.165, 1.54) is 6.26 Å². The second-order valence-corrected chi connectivity index (χ2v) is 14.1. The van der Waals surface area contributed by atoms with Crippen LogP contribution < -0.4 is 4.72 Å². The average Bonchev–Trinajstić information content (AvgIpc) is 3.03. The van der Waals surface area contributed by atoms with Gasteiger partial charge in [-0.1, -0.05) is 20.8 Å². The maximum atomic E-state index is 12.4. The Balaban J connectivity index is 1.64. The third-order valence-electron chi connectivity index (χ3n) is 10.6. The fraction of sp³-hybridized carbons (Fsp3) is 0.960. The maximum Gasteiger partial charge on any atom is 0.303 e. The van der Waals surface area contributed by atoms with Crippen LogP contribution in [0.1, 0.15) is 85.0 Å². The average molecular weight is 470 g/mol. The Labute approximate surface area is 194 Å². The van der Waals surface area contributed by atoms with Crippen molar-refractivity contribution in [3.63, 3.8) is 0 Å². The second kappa shape index (κ2) is 8.53. The first-order valence-corrected chi connectivity index (χ1v) is 14.6. The summed E-state index contributed by atoms with van der Waals surface area (Å²) in [5, 5.41) is 19.5. The molecule has 0 aromatic heterocycles. The van der Waals surface area contributed by atoms with Crippen molar-refractivity contribution in [2.24, 2.45) is 46.3 Å². The van der Waals surface area contributed by atoms with Gasteiger partial charge in [0, 0.05) is 12.5 Å². The molecule has 1 unspecified atom stereocenters. The molecule has 6 nitrogen and oxygen atoms in total. The normalized spacial score (nSPS) is 47.2. The zero-order chi connectivity index (χ0) is 23.5. The number of nitrogens with one attached hydrogen (secondary N) is 1. The van der Waals surface area contributed by atoms with Crippen LogP contribution in [0, 0.1) is 46.3 Å². The van der Waals surface area contributed by atoms with Gasteiger partial charge in [-0.15, -0.1) is 0 Å². The monoisotopic (exact) mass is 469 g/mol. The number of carbonyl (C=O) groups is 1. The van der Waals surface area contributed by atoms with Gasteiger partial charge in [-0.25, -0.2) is 13.1 Å². The highest BCUT2D eigenvalue weighted by Crippen LogP contribution is 2.68. The summed E-state index contributed by atoms with van der Waals surface area (Å²) in [4.78, 5) is 11.2. The van der Waals surface area contributed by atoms with Crippen LogP contribution in [-0.2, 0) is 14.8 Å². The van der Waals surface area contributed by atoms with Gasteiger partial charge in [0.25, 0.3) is 0 Å². The Morgan fingerprint density at radius 1 is 1.06 bits per heavy atom. The van der Waals surface area contributed by atoms with Crippen molar-refractivity contribution in [2.75, 3.05) is 6.26 Å². The Bertz CT molecular complexity index is 830. The van der Waals surface area contributed by atoms with Gasteiger partial charge < -0.3 is 10.2 Å². The predicted molar refractivity (Wildman–Crippen MR) is 124 cm³/mol. The van der Waals surface area contributed by atoms with Crippen molar-refractivity contribution >= 4 is 16.0 Å². The standard InChI is InChI=1S/C25H43NO5S/c1-15(5-8-22(28)29)18-6-7-19-23-20(10-12-25(18,19)3)24(2)11-9-17(27)13-16(24)14-21(23)26-32(4,30)31/h15-21,23,26-27H,5-14H2,1-4H3,(H,28,29)/t15?,16-,17+,18+,19-,20-,21-,23-,24-,25+/m0/s1. The van der Waals surface area contributed by atoms with Crippen LogP contribution in [0.2, 0.25) is 0 Å². The van der Waals surface area contributed by atoms with Crippen LogP contribution in [-0.4, -0.2) is 43.0 Å². The van der Waals surface area contributed by atoms with E-state index >= 15 is 0 Å². The predicted octanol–water partition coefficient (Wildman–Crippen LogP) is 4.03. The van der Waals surface area contributed by atoms with Crippen molar-refractivity contribution < 1.29 is 23.4 Å².